The molecule has 4 rings (SSSR count). The van der Waals surface area contributed by atoms with Crippen LogP contribution >= 0.6 is 0 Å². The van der Waals surface area contributed by atoms with Crippen LogP contribution in [-0.4, -0.2) is 46.9 Å². The fourth-order valence-corrected chi connectivity index (χ4v) is 4.12. The molecule has 0 radical (unpaired) electrons. The summed E-state index contributed by atoms with van der Waals surface area (Å²) >= 11 is 0. The van der Waals surface area contributed by atoms with Gasteiger partial charge in [-0.05, 0) is 49.7 Å². The minimum atomic E-state index is -0.663. The zero-order chi connectivity index (χ0) is 22.8. The van der Waals surface area contributed by atoms with Crippen molar-refractivity contribution >= 4 is 17.7 Å². The lowest BCUT2D eigenvalue weighted by atomic mass is 10.1. The number of carbonyl (C=O) groups is 3. The average molecular weight is 431 g/mol. The Hall–Kier alpha value is -3.87. The average Bonchev–Trinajstić information content (AvgIpc) is 3.24. The van der Waals surface area contributed by atoms with E-state index in [9.17, 15) is 14.4 Å². The van der Waals surface area contributed by atoms with E-state index in [1.165, 1.54) is 0 Å². The van der Waals surface area contributed by atoms with Crippen molar-refractivity contribution in [3.05, 3.63) is 83.2 Å². The third-order valence-electron chi connectivity index (χ3n) is 5.75. The van der Waals surface area contributed by atoms with E-state index in [0.717, 1.165) is 33.3 Å². The summed E-state index contributed by atoms with van der Waals surface area (Å²) in [6.07, 6.45) is 0.391. The Labute approximate surface area is 186 Å². The Bertz CT molecular complexity index is 1170. The fraction of sp³-hybridized carbons (Fsp3) is 0.240. The van der Waals surface area contributed by atoms with Gasteiger partial charge in [-0.1, -0.05) is 30.3 Å². The molecule has 32 heavy (non-hydrogen) atoms. The predicted molar refractivity (Wildman–Crippen MR) is 120 cm³/mol. The summed E-state index contributed by atoms with van der Waals surface area (Å²) in [5.74, 6) is 0.0917. The highest BCUT2D eigenvalue weighted by Crippen LogP contribution is 2.24. The number of aromatic nitrogens is 1. The molecule has 1 N–H and O–H groups in total. The van der Waals surface area contributed by atoms with Crippen LogP contribution in [0.3, 0.4) is 0 Å². The molecule has 1 aliphatic heterocycles. The number of amides is 3. The van der Waals surface area contributed by atoms with Crippen molar-refractivity contribution in [2.45, 2.75) is 26.3 Å². The number of Topliss-reactive ketones (excluding diaryl/α,β-unsaturated/α-hetero) is 1. The van der Waals surface area contributed by atoms with Gasteiger partial charge in [0.25, 0.3) is 5.91 Å². The molecule has 0 aliphatic carbocycles. The maximum absolute atomic E-state index is 13.1. The van der Waals surface area contributed by atoms with Crippen LogP contribution in [0, 0.1) is 13.8 Å². The lowest BCUT2D eigenvalue weighted by Gasteiger charge is -2.13. The van der Waals surface area contributed by atoms with Crippen molar-refractivity contribution in [1.29, 1.82) is 0 Å². The first kappa shape index (κ1) is 21.4. The minimum Gasteiger partial charge on any atom is -0.497 e. The fourth-order valence-electron chi connectivity index (χ4n) is 4.12. The normalized spacial score (nSPS) is 15.7. The lowest BCUT2D eigenvalue weighted by Crippen LogP contribution is -2.36. The van der Waals surface area contributed by atoms with Gasteiger partial charge in [-0.2, -0.15) is 0 Å². The number of aryl methyl sites for hydroxylation is 1. The van der Waals surface area contributed by atoms with Gasteiger partial charge in [-0.25, -0.2) is 4.79 Å². The van der Waals surface area contributed by atoms with Crippen LogP contribution in [0.15, 0.2) is 60.7 Å². The van der Waals surface area contributed by atoms with Crippen LogP contribution in [-0.2, 0) is 11.2 Å². The number of hydrogen-bond acceptors (Lipinski definition) is 4. The van der Waals surface area contributed by atoms with Crippen LogP contribution in [0.2, 0.25) is 0 Å². The topological polar surface area (TPSA) is 80.6 Å². The van der Waals surface area contributed by atoms with Crippen molar-refractivity contribution < 1.29 is 19.1 Å². The summed E-state index contributed by atoms with van der Waals surface area (Å²) in [5, 5.41) is 2.70. The Morgan fingerprint density at radius 1 is 1.03 bits per heavy atom. The Morgan fingerprint density at radius 2 is 1.72 bits per heavy atom. The first-order valence-corrected chi connectivity index (χ1v) is 10.4. The van der Waals surface area contributed by atoms with Crippen molar-refractivity contribution in [3.63, 3.8) is 0 Å². The summed E-state index contributed by atoms with van der Waals surface area (Å²) < 4.78 is 7.18. The van der Waals surface area contributed by atoms with Gasteiger partial charge in [0.2, 0.25) is 0 Å². The Kier molecular flexibility index (Phi) is 5.81. The van der Waals surface area contributed by atoms with Crippen LogP contribution in [0.1, 0.15) is 27.3 Å². The third kappa shape index (κ3) is 4.01. The van der Waals surface area contributed by atoms with Crippen molar-refractivity contribution in [1.82, 2.24) is 14.8 Å². The smallest absolute Gasteiger partial charge is 0.325 e. The van der Waals surface area contributed by atoms with Gasteiger partial charge in [0.15, 0.2) is 5.78 Å². The van der Waals surface area contributed by atoms with E-state index in [0.29, 0.717) is 12.0 Å². The molecule has 7 nitrogen and oxygen atoms in total. The predicted octanol–water partition coefficient (Wildman–Crippen LogP) is 3.45. The monoisotopic (exact) mass is 431 g/mol. The second-order valence-corrected chi connectivity index (χ2v) is 7.86. The third-order valence-corrected chi connectivity index (χ3v) is 5.75. The quantitative estimate of drug-likeness (QED) is 0.459. The number of rotatable bonds is 7. The molecule has 1 atom stereocenters. The maximum Gasteiger partial charge on any atom is 0.325 e. The summed E-state index contributed by atoms with van der Waals surface area (Å²) in [6, 6.07) is 17.6. The molecule has 0 bridgehead atoms. The van der Waals surface area contributed by atoms with Crippen molar-refractivity contribution in [2.24, 2.45) is 0 Å². The molecule has 164 valence electrons. The van der Waals surface area contributed by atoms with Gasteiger partial charge in [0, 0.05) is 29.1 Å². The van der Waals surface area contributed by atoms with Gasteiger partial charge < -0.3 is 14.6 Å². The van der Waals surface area contributed by atoms with E-state index in [1.54, 1.807) is 13.2 Å². The van der Waals surface area contributed by atoms with E-state index in [-0.39, 0.29) is 18.2 Å². The molecule has 0 saturated carbocycles. The number of ether oxygens (including phenoxy) is 1. The number of ketones is 1. The van der Waals surface area contributed by atoms with Crippen LogP contribution < -0.4 is 10.1 Å². The van der Waals surface area contributed by atoms with Gasteiger partial charge >= 0.3 is 6.03 Å². The highest BCUT2D eigenvalue weighted by Gasteiger charge is 2.39. The van der Waals surface area contributed by atoms with E-state index >= 15 is 0 Å². The van der Waals surface area contributed by atoms with Crippen molar-refractivity contribution in [2.75, 3.05) is 13.7 Å². The first-order chi connectivity index (χ1) is 15.4. The molecule has 2 aromatic carbocycles. The molecule has 1 aliphatic rings. The van der Waals surface area contributed by atoms with Gasteiger partial charge in [0.05, 0.1) is 13.7 Å². The summed E-state index contributed by atoms with van der Waals surface area (Å²) in [7, 11) is 1.61. The number of nitrogens with one attached hydrogen (secondary N) is 1. The van der Waals surface area contributed by atoms with Crippen molar-refractivity contribution in [3.8, 4) is 11.4 Å². The number of urea groups is 1. The van der Waals surface area contributed by atoms with Crippen LogP contribution in [0.4, 0.5) is 4.79 Å². The second-order valence-electron chi connectivity index (χ2n) is 7.86. The molecule has 0 spiro atoms. The lowest BCUT2D eigenvalue weighted by molar-refractivity contribution is -0.127. The molecule has 7 heteroatoms. The Balaban J connectivity index is 1.51. The number of imide groups is 1. The zero-order valence-electron chi connectivity index (χ0n) is 18.3. The number of hydrogen-bond donors (Lipinski definition) is 1. The summed E-state index contributed by atoms with van der Waals surface area (Å²) in [4.78, 5) is 39.3. The minimum absolute atomic E-state index is 0.276. The number of nitrogens with zero attached hydrogens (tertiary/aromatic N) is 2. The molecule has 2 heterocycles. The SMILES string of the molecule is COc1ccc(-n2c(C)cc(C(=O)CN3C(=O)NC(Cc4ccccc4)C3=O)c2C)cc1. The zero-order valence-corrected chi connectivity index (χ0v) is 18.3. The van der Waals surface area contributed by atoms with Crippen LogP contribution in [0.25, 0.3) is 5.69 Å². The summed E-state index contributed by atoms with van der Waals surface area (Å²) in [6.45, 7) is 3.48. The van der Waals surface area contributed by atoms with E-state index < -0.39 is 12.1 Å². The van der Waals surface area contributed by atoms with Crippen LogP contribution in [0.5, 0.6) is 5.75 Å². The van der Waals surface area contributed by atoms with Gasteiger partial charge in [-0.15, -0.1) is 0 Å². The van der Waals surface area contributed by atoms with Gasteiger partial charge in [0.1, 0.15) is 11.8 Å². The number of benzene rings is 2. The molecule has 1 aromatic heterocycles. The molecule has 3 amide bonds. The largest absolute Gasteiger partial charge is 0.497 e. The molecule has 3 aromatic rings. The molecular formula is C25H25N3O4. The van der Waals surface area contributed by atoms with E-state index in [4.69, 9.17) is 4.74 Å². The molecule has 1 fully saturated rings. The molecule has 1 saturated heterocycles. The number of methoxy groups -OCH3 is 1. The first-order valence-electron chi connectivity index (χ1n) is 10.4. The second kappa shape index (κ2) is 8.70. The number of carbonyl (C=O) groups excluding carboxylic acids is 3. The van der Waals surface area contributed by atoms with E-state index in [2.05, 4.69) is 5.32 Å². The maximum atomic E-state index is 13.1. The summed E-state index contributed by atoms with van der Waals surface area (Å²) in [5.41, 5.74) is 3.98. The van der Waals surface area contributed by atoms with Gasteiger partial charge in [-0.3, -0.25) is 14.5 Å². The standard InChI is InChI=1S/C25H25N3O4/c1-16-13-21(17(2)28(16)19-9-11-20(32-3)12-10-19)23(29)15-27-24(30)22(26-25(27)31)14-18-7-5-4-6-8-18/h4-13,22H,14-15H2,1-3H3,(H,26,31). The van der Waals surface area contributed by atoms with E-state index in [1.807, 2.05) is 73.0 Å². The highest BCUT2D eigenvalue weighted by atomic mass is 16.5. The highest BCUT2D eigenvalue weighted by molar-refractivity contribution is 6.09. The molecular weight excluding hydrogens is 406 g/mol. The molecule has 1 unspecified atom stereocenters. The Morgan fingerprint density at radius 3 is 2.38 bits per heavy atom.